The number of imide groups is 1. The minimum absolute atomic E-state index is 0.0347. The first-order valence-corrected chi connectivity index (χ1v) is 37.5. The van der Waals surface area contributed by atoms with Gasteiger partial charge in [0.05, 0.1) is 35.2 Å². The molecule has 4 bridgehead atoms. The molecule has 566 valence electrons. The summed E-state index contributed by atoms with van der Waals surface area (Å²) in [4.78, 5) is 116. The smallest absolute Gasteiger partial charge is 0.409 e. The van der Waals surface area contributed by atoms with E-state index in [1.165, 1.54) is 34.4 Å². The van der Waals surface area contributed by atoms with Crippen LogP contribution in [0.15, 0.2) is 91.1 Å². The Kier molecular flexibility index (Phi) is 22.4. The van der Waals surface area contributed by atoms with Crippen molar-refractivity contribution in [3.05, 3.63) is 125 Å². The van der Waals surface area contributed by atoms with Crippen LogP contribution in [0, 0.1) is 23.2 Å². The monoisotopic (exact) mass is 1500 g/mol. The van der Waals surface area contributed by atoms with Crippen molar-refractivity contribution in [1.29, 1.82) is 0 Å². The summed E-state index contributed by atoms with van der Waals surface area (Å²) in [5.74, 6) is -6.35. The molecule has 106 heavy (non-hydrogen) atoms. The molecule has 5 fully saturated rings. The van der Waals surface area contributed by atoms with Gasteiger partial charge in [-0.1, -0.05) is 55.9 Å². The number of aliphatic hydroxyl groups is 3. The van der Waals surface area contributed by atoms with Crippen LogP contribution in [-0.2, 0) is 74.4 Å². The van der Waals surface area contributed by atoms with Crippen LogP contribution in [0.4, 0.5) is 15.7 Å². The molecule has 0 radical (unpaired) electrons. The van der Waals surface area contributed by atoms with E-state index in [-0.39, 0.29) is 104 Å². The van der Waals surface area contributed by atoms with Crippen molar-refractivity contribution in [2.75, 3.05) is 62.4 Å². The molecule has 33 heteroatoms. The molecule has 0 spiro atoms. The van der Waals surface area contributed by atoms with Gasteiger partial charge in [-0.05, 0) is 141 Å². The number of hydrogen-bond donors (Lipinski definition) is 9. The van der Waals surface area contributed by atoms with Crippen molar-refractivity contribution in [3.63, 3.8) is 0 Å². The Hall–Kier alpha value is -9.48. The molecule has 6 heterocycles. The zero-order chi connectivity index (χ0) is 75.6. The minimum atomic E-state index is -4.77. The van der Waals surface area contributed by atoms with Crippen molar-refractivity contribution in [2.24, 2.45) is 16.2 Å². The molecule has 7 aliphatic rings. The second-order valence-electron chi connectivity index (χ2n) is 29.4. The first-order valence-electron chi connectivity index (χ1n) is 35.1. The van der Waals surface area contributed by atoms with Crippen LogP contribution in [0.25, 0.3) is 21.3 Å². The average Bonchev–Trinajstić information content (AvgIpc) is 0.881. The quantitative estimate of drug-likeness (QED) is 0.0141. The number of ether oxygens (including phenoxy) is 5. The van der Waals surface area contributed by atoms with Crippen LogP contribution < -0.4 is 30.3 Å². The normalized spacial score (nSPS) is 24.7. The lowest BCUT2D eigenvalue weighted by Crippen LogP contribution is -2.64. The lowest BCUT2D eigenvalue weighted by molar-refractivity contribution is -0.271. The molecular formula is C73H86N10O21S2. The number of para-hydroxylation sites is 1. The Morgan fingerprint density at radius 3 is 2.32 bits per heavy atom. The van der Waals surface area contributed by atoms with Gasteiger partial charge in [-0.2, -0.15) is 13.5 Å². The number of aromatic carboxylic acids is 1. The van der Waals surface area contributed by atoms with Gasteiger partial charge in [0.15, 0.2) is 16.9 Å². The van der Waals surface area contributed by atoms with E-state index in [0.29, 0.717) is 66.5 Å². The number of unbranched alkanes of at least 4 members (excludes halogenated alkanes) is 2. The third kappa shape index (κ3) is 17.3. The fourth-order valence-electron chi connectivity index (χ4n) is 16.9. The number of fused-ring (bicyclic) bond motifs is 2. The molecule has 9 N–H and O–H groups in total. The summed E-state index contributed by atoms with van der Waals surface area (Å²) in [6.07, 6.45) is 0.447. The molecule has 2 unspecified atom stereocenters. The van der Waals surface area contributed by atoms with Gasteiger partial charge in [-0.15, -0.1) is 0 Å². The van der Waals surface area contributed by atoms with Crippen molar-refractivity contribution in [3.8, 4) is 22.6 Å². The number of pyridine rings is 1. The number of carboxylic acids is 2. The third-order valence-electron chi connectivity index (χ3n) is 20.7. The van der Waals surface area contributed by atoms with Gasteiger partial charge in [0.2, 0.25) is 18.1 Å². The number of carbonyl (C=O) groups excluding carboxylic acids is 6. The highest BCUT2D eigenvalue weighted by Crippen LogP contribution is 2.72. The van der Waals surface area contributed by atoms with Crippen LogP contribution in [0.2, 0.25) is 0 Å². The van der Waals surface area contributed by atoms with Crippen LogP contribution in [0.5, 0.6) is 11.5 Å². The first kappa shape index (κ1) is 76.2. The predicted molar refractivity (Wildman–Crippen MR) is 381 cm³/mol. The Bertz CT molecular complexity index is 4480. The van der Waals surface area contributed by atoms with Crippen LogP contribution in [-0.4, -0.2) is 210 Å². The largest absolute Gasteiger partial charge is 0.493 e. The number of nitrogens with zero attached hydrogens (tertiary/aromatic N) is 7. The zero-order valence-electron chi connectivity index (χ0n) is 58.9. The van der Waals surface area contributed by atoms with Crippen molar-refractivity contribution >= 4 is 90.2 Å². The van der Waals surface area contributed by atoms with Gasteiger partial charge >= 0.3 is 18.0 Å². The van der Waals surface area contributed by atoms with Crippen LogP contribution >= 0.6 is 11.3 Å². The fraction of sp³-hybridized carbons (Fsp3) is 0.493. The number of likely N-dealkylation sites (N-methyl/N-ethyl adjacent to an activating group) is 1. The van der Waals surface area contributed by atoms with Crippen molar-refractivity contribution in [1.82, 2.24) is 40.2 Å². The van der Waals surface area contributed by atoms with Crippen molar-refractivity contribution < 1.29 is 101 Å². The van der Waals surface area contributed by atoms with E-state index in [9.17, 15) is 76.9 Å². The number of nitrogens with one attached hydrogen (secondary N) is 3. The number of rotatable bonds is 31. The Balaban J connectivity index is 0.662. The maximum absolute atomic E-state index is 13.8. The fourth-order valence-corrected chi connectivity index (χ4v) is 18.5. The molecule has 6 aromatic rings. The average molecular weight is 1500 g/mol. The van der Waals surface area contributed by atoms with Gasteiger partial charge in [0.25, 0.3) is 27.8 Å². The summed E-state index contributed by atoms with van der Waals surface area (Å²) < 4.78 is 66.4. The van der Waals surface area contributed by atoms with E-state index >= 15 is 0 Å². The van der Waals surface area contributed by atoms with Crippen LogP contribution in [0.1, 0.15) is 128 Å². The highest BCUT2D eigenvalue weighted by atomic mass is 32.2. The molecule has 8 atom stereocenters. The zero-order valence-corrected chi connectivity index (χ0v) is 60.6. The predicted octanol–water partition coefficient (Wildman–Crippen LogP) is 5.79. The van der Waals surface area contributed by atoms with Gasteiger partial charge < -0.3 is 69.7 Å². The molecule has 4 saturated carbocycles. The number of carbonyl (C=O) groups is 8. The second-order valence-corrected chi connectivity index (χ2v) is 31.9. The van der Waals surface area contributed by atoms with Gasteiger partial charge in [-0.3, -0.25) is 43.4 Å². The molecule has 1 saturated heterocycles. The molecular weight excluding hydrogens is 1420 g/mol. The number of aliphatic carboxylic acids is 1. The van der Waals surface area contributed by atoms with E-state index in [2.05, 4.69) is 34.8 Å². The number of anilines is 2. The standard InChI is InChI=1S/C73H86N10O21S2/c1-42-48(46-19-20-54(78-58(46)65(92)93)81-26-23-43-12-10-13-47(49(43)32-81)63(90)79-68-77-50-14-7-8-15-53(50)105-68)31-75-83(42)41-72-36-70(2)35-71(3,37-72)39-73(38-70,40-72)102-29-27-80(4)69(96)101-33-44-17-18-45(103-67-61(89)59(87)60(88)62(104-67)66(94)95)30-52(44)100-28-11-24-74-64(91)51(34-106(97,98)99)76-55(84)16-6-5-9-25-82-56(85)21-22-57(82)86/h7-8,10,12-15,17-22,30-31,51,59-62,67,87-89H,5-6,9,11,16,23-29,32-41H2,1-4H3,(H,74,91)(H,76,84)(H,92,93)(H,94,95)(H,77,79,90)(H,97,98,99)/t51-,59-,60-,61+,62-,67+,70?,71?,72?,73?/m0/s1. The topological polar surface area (TPSA) is 428 Å². The number of aliphatic hydroxyl groups excluding tert-OH is 3. The van der Waals surface area contributed by atoms with E-state index in [1.807, 2.05) is 59.0 Å². The van der Waals surface area contributed by atoms with E-state index in [0.717, 1.165) is 82.6 Å². The van der Waals surface area contributed by atoms with E-state index < -0.39 is 99.9 Å². The molecule has 3 aromatic carbocycles. The summed E-state index contributed by atoms with van der Waals surface area (Å²) in [7, 11) is -3.21. The summed E-state index contributed by atoms with van der Waals surface area (Å²) in [5, 5.41) is 65.1. The Morgan fingerprint density at radius 1 is 0.840 bits per heavy atom. The van der Waals surface area contributed by atoms with Gasteiger partial charge in [0, 0.05) is 98.9 Å². The summed E-state index contributed by atoms with van der Waals surface area (Å²) in [6, 6.07) is 19.4. The third-order valence-corrected chi connectivity index (χ3v) is 22.4. The maximum Gasteiger partial charge on any atom is 0.409 e. The summed E-state index contributed by atoms with van der Waals surface area (Å²) in [6.45, 7) is 7.77. The summed E-state index contributed by atoms with van der Waals surface area (Å²) in [5.41, 5.74) is 4.24. The Morgan fingerprint density at radius 2 is 1.59 bits per heavy atom. The van der Waals surface area contributed by atoms with Crippen molar-refractivity contribution in [2.45, 2.75) is 160 Å². The van der Waals surface area contributed by atoms with E-state index in [1.54, 1.807) is 25.4 Å². The number of benzene rings is 3. The Labute approximate surface area is 613 Å². The number of amides is 6. The van der Waals surface area contributed by atoms with Gasteiger partial charge in [0.1, 0.15) is 54.0 Å². The highest BCUT2D eigenvalue weighted by molar-refractivity contribution is 7.85. The molecule has 3 aromatic heterocycles. The molecule has 4 aliphatic carbocycles. The molecule has 13 rings (SSSR count). The summed E-state index contributed by atoms with van der Waals surface area (Å²) >= 11 is 1.40. The first-order chi connectivity index (χ1) is 50.4. The SMILES string of the molecule is Cc1c(-c2ccc(N3CCc4cccc(C(=O)Nc5nc6ccccc6s5)c4C3)nc2C(=O)O)cnn1CC12CC3(C)CC(C)(C1)CC(OCCN(C)C(=O)OCc1ccc(O[C@@H]4O[C@H](C(=O)O)[C@@H](O)[C@H](O)[C@H]4O)cc1OCCCNC(=O)[C@H](CS(=O)(=O)O)NC(=O)CCCCCN1C(=O)C=CC1=O)(C3)C2. The highest BCUT2D eigenvalue weighted by Gasteiger charge is 2.66. The molecule has 6 amide bonds. The van der Waals surface area contributed by atoms with E-state index in [4.69, 9.17) is 33.8 Å². The van der Waals surface area contributed by atoms with Gasteiger partial charge in [-0.25, -0.2) is 24.4 Å². The molecule has 31 nitrogen and oxygen atoms in total. The second kappa shape index (κ2) is 31.1. The number of aromatic nitrogens is 4. The minimum Gasteiger partial charge on any atom is -0.493 e. The van der Waals surface area contributed by atoms with Crippen LogP contribution in [0.3, 0.4) is 0 Å². The maximum atomic E-state index is 13.8. The lowest BCUT2D eigenvalue weighted by atomic mass is 9.39. The number of carboxylic acid groups (broad SMARTS) is 2. The molecule has 3 aliphatic heterocycles. The lowest BCUT2D eigenvalue weighted by Gasteiger charge is -2.69. The number of thiazole rings is 1. The number of hydrogen-bond acceptors (Lipinski definition) is 23.